The Morgan fingerprint density at radius 3 is 2.88 bits per heavy atom. The van der Waals surface area contributed by atoms with E-state index in [0.717, 1.165) is 5.56 Å². The van der Waals surface area contributed by atoms with Crippen molar-refractivity contribution in [1.29, 1.82) is 0 Å². The molecule has 0 fully saturated rings. The van der Waals surface area contributed by atoms with Crippen molar-refractivity contribution in [2.45, 2.75) is 13.0 Å². The number of rotatable bonds is 7. The molecule has 0 saturated heterocycles. The van der Waals surface area contributed by atoms with E-state index in [4.69, 9.17) is 0 Å². The summed E-state index contributed by atoms with van der Waals surface area (Å²) in [6, 6.07) is 1.86. The maximum absolute atomic E-state index is 11.2. The Hall–Kier alpha value is -0.430. The van der Waals surface area contributed by atoms with Crippen LogP contribution in [-0.4, -0.2) is 38.1 Å². The zero-order valence-corrected chi connectivity index (χ0v) is 10.9. The van der Waals surface area contributed by atoms with Crippen LogP contribution in [-0.2, 0) is 9.84 Å². The Balaban J connectivity index is 2.22. The Kier molecular flexibility index (Phi) is 5.40. The summed E-state index contributed by atoms with van der Waals surface area (Å²) in [6.07, 6.45) is -0.560. The minimum absolute atomic E-state index is 0.125. The maximum Gasteiger partial charge on any atom is 0.151 e. The van der Waals surface area contributed by atoms with Crippen LogP contribution in [0.25, 0.3) is 0 Å². The number of hydrogen-bond donors (Lipinski definition) is 2. The molecule has 0 radical (unpaired) electrons. The predicted octanol–water partition coefficient (Wildman–Crippen LogP) is 0.806. The fraction of sp³-hybridized carbons (Fsp3) is 0.600. The first-order valence-electron chi connectivity index (χ1n) is 5.16. The second-order valence-electron chi connectivity index (χ2n) is 3.51. The van der Waals surface area contributed by atoms with Crippen molar-refractivity contribution in [1.82, 2.24) is 5.32 Å². The molecular weight excluding hydrogens is 246 g/mol. The van der Waals surface area contributed by atoms with E-state index in [1.165, 1.54) is 11.3 Å². The van der Waals surface area contributed by atoms with Gasteiger partial charge in [0, 0.05) is 18.8 Å². The molecule has 0 aliphatic heterocycles. The van der Waals surface area contributed by atoms with Crippen LogP contribution in [0.3, 0.4) is 0 Å². The minimum Gasteiger partial charge on any atom is -0.387 e. The van der Waals surface area contributed by atoms with Crippen LogP contribution in [0.4, 0.5) is 0 Å². The Labute approximate surface area is 100 Å². The summed E-state index contributed by atoms with van der Waals surface area (Å²) in [4.78, 5) is 0. The predicted molar refractivity (Wildman–Crippen MR) is 66.5 cm³/mol. The van der Waals surface area contributed by atoms with Gasteiger partial charge in [0.05, 0.1) is 11.9 Å². The van der Waals surface area contributed by atoms with E-state index in [1.807, 2.05) is 16.8 Å². The topological polar surface area (TPSA) is 66.4 Å². The molecule has 1 heterocycles. The van der Waals surface area contributed by atoms with E-state index >= 15 is 0 Å². The van der Waals surface area contributed by atoms with Gasteiger partial charge >= 0.3 is 0 Å². The summed E-state index contributed by atoms with van der Waals surface area (Å²) in [6.45, 7) is 2.41. The average Bonchev–Trinajstić information content (AvgIpc) is 2.77. The number of aliphatic hydroxyl groups excluding tert-OH is 1. The van der Waals surface area contributed by atoms with Gasteiger partial charge in [-0.2, -0.15) is 11.3 Å². The lowest BCUT2D eigenvalue weighted by Crippen LogP contribution is -2.27. The van der Waals surface area contributed by atoms with E-state index < -0.39 is 15.9 Å². The normalized spacial score (nSPS) is 13.9. The van der Waals surface area contributed by atoms with Crippen molar-refractivity contribution < 1.29 is 13.5 Å². The minimum atomic E-state index is -2.91. The molecule has 92 valence electrons. The molecule has 4 nitrogen and oxygen atoms in total. The zero-order chi connectivity index (χ0) is 12.0. The first-order valence-corrected chi connectivity index (χ1v) is 7.93. The summed E-state index contributed by atoms with van der Waals surface area (Å²) in [5.74, 6) is 0.293. The summed E-state index contributed by atoms with van der Waals surface area (Å²) in [5.41, 5.74) is 0.871. The molecule has 16 heavy (non-hydrogen) atoms. The van der Waals surface area contributed by atoms with Gasteiger partial charge in [-0.25, -0.2) is 8.42 Å². The molecule has 1 aromatic heterocycles. The van der Waals surface area contributed by atoms with Crippen molar-refractivity contribution in [3.8, 4) is 0 Å². The molecule has 1 atom stereocenters. The van der Waals surface area contributed by atoms with Gasteiger partial charge in [-0.1, -0.05) is 6.92 Å². The molecule has 2 N–H and O–H groups in total. The number of thiophene rings is 1. The third-order valence-electron chi connectivity index (χ3n) is 2.30. The summed E-state index contributed by atoms with van der Waals surface area (Å²) >= 11 is 1.53. The van der Waals surface area contributed by atoms with Crippen molar-refractivity contribution in [3.63, 3.8) is 0 Å². The fourth-order valence-electron chi connectivity index (χ4n) is 1.19. The highest BCUT2D eigenvalue weighted by atomic mass is 32.2. The fourth-order valence-corrected chi connectivity index (χ4v) is 2.64. The second-order valence-corrected chi connectivity index (χ2v) is 6.77. The molecular formula is C10H17NO3S2. The van der Waals surface area contributed by atoms with Gasteiger partial charge in [-0.05, 0) is 22.4 Å². The molecule has 6 heteroatoms. The lowest BCUT2D eigenvalue weighted by molar-refractivity contribution is 0.176. The summed E-state index contributed by atoms with van der Waals surface area (Å²) in [5, 5.41) is 16.4. The van der Waals surface area contributed by atoms with Gasteiger partial charge in [-0.15, -0.1) is 0 Å². The number of aliphatic hydroxyl groups is 1. The lowest BCUT2D eigenvalue weighted by Gasteiger charge is -2.10. The molecule has 0 aliphatic carbocycles. The summed E-state index contributed by atoms with van der Waals surface area (Å²) < 4.78 is 22.3. The molecule has 1 aromatic rings. The molecule has 0 aliphatic rings. The molecule has 0 aromatic carbocycles. The van der Waals surface area contributed by atoms with Gasteiger partial charge in [0.2, 0.25) is 0 Å². The Bertz CT molecular complexity index is 386. The third-order valence-corrected chi connectivity index (χ3v) is 4.70. The molecule has 0 bridgehead atoms. The Morgan fingerprint density at radius 1 is 1.56 bits per heavy atom. The van der Waals surface area contributed by atoms with Crippen LogP contribution in [0, 0.1) is 0 Å². The highest BCUT2D eigenvalue weighted by Crippen LogP contribution is 2.14. The molecule has 0 saturated carbocycles. The van der Waals surface area contributed by atoms with Crippen molar-refractivity contribution in [2.75, 3.05) is 24.6 Å². The Morgan fingerprint density at radius 2 is 2.31 bits per heavy atom. The highest BCUT2D eigenvalue weighted by molar-refractivity contribution is 7.91. The van der Waals surface area contributed by atoms with Crippen molar-refractivity contribution >= 4 is 21.2 Å². The largest absolute Gasteiger partial charge is 0.387 e. The quantitative estimate of drug-likeness (QED) is 0.714. The van der Waals surface area contributed by atoms with Gasteiger partial charge in [0.15, 0.2) is 9.84 Å². The number of sulfone groups is 1. The van der Waals surface area contributed by atoms with E-state index in [0.29, 0.717) is 13.1 Å². The molecule has 1 rings (SSSR count). The van der Waals surface area contributed by atoms with Crippen LogP contribution >= 0.6 is 11.3 Å². The van der Waals surface area contributed by atoms with Crippen molar-refractivity contribution in [2.24, 2.45) is 0 Å². The monoisotopic (exact) mass is 263 g/mol. The SMILES string of the molecule is CCS(=O)(=O)CCNCC(O)c1ccsc1. The highest BCUT2D eigenvalue weighted by Gasteiger charge is 2.09. The zero-order valence-electron chi connectivity index (χ0n) is 9.22. The van der Waals surface area contributed by atoms with Crippen LogP contribution in [0.15, 0.2) is 16.8 Å². The van der Waals surface area contributed by atoms with Gasteiger partial charge in [0.1, 0.15) is 0 Å². The first kappa shape index (κ1) is 13.6. The molecule has 0 spiro atoms. The maximum atomic E-state index is 11.2. The van der Waals surface area contributed by atoms with Crippen LogP contribution in [0.1, 0.15) is 18.6 Å². The second kappa shape index (κ2) is 6.34. The van der Waals surface area contributed by atoms with E-state index in [9.17, 15) is 13.5 Å². The molecule has 1 unspecified atom stereocenters. The first-order chi connectivity index (χ1) is 7.55. The van der Waals surface area contributed by atoms with Crippen LogP contribution in [0.2, 0.25) is 0 Å². The third kappa shape index (κ3) is 4.61. The van der Waals surface area contributed by atoms with Crippen LogP contribution in [0.5, 0.6) is 0 Å². The number of nitrogens with one attached hydrogen (secondary N) is 1. The standard InChI is InChI=1S/C10H17NO3S2/c1-2-16(13,14)6-4-11-7-10(12)9-3-5-15-8-9/h3,5,8,10-12H,2,4,6-7H2,1H3. The van der Waals surface area contributed by atoms with Crippen molar-refractivity contribution in [3.05, 3.63) is 22.4 Å². The van der Waals surface area contributed by atoms with Gasteiger partial charge in [0.25, 0.3) is 0 Å². The number of hydrogen-bond acceptors (Lipinski definition) is 5. The van der Waals surface area contributed by atoms with Gasteiger partial charge < -0.3 is 10.4 Å². The molecule has 0 amide bonds. The average molecular weight is 263 g/mol. The lowest BCUT2D eigenvalue weighted by atomic mass is 10.2. The van der Waals surface area contributed by atoms with Gasteiger partial charge in [-0.3, -0.25) is 0 Å². The van der Waals surface area contributed by atoms with E-state index in [1.54, 1.807) is 6.92 Å². The smallest absolute Gasteiger partial charge is 0.151 e. The van der Waals surface area contributed by atoms with E-state index in [-0.39, 0.29) is 11.5 Å². The van der Waals surface area contributed by atoms with Crippen LogP contribution < -0.4 is 5.32 Å². The summed E-state index contributed by atoms with van der Waals surface area (Å²) in [7, 11) is -2.91. The van der Waals surface area contributed by atoms with E-state index in [2.05, 4.69) is 5.32 Å².